The minimum atomic E-state index is -3.09. The molecule has 0 fully saturated rings. The van der Waals surface area contributed by atoms with Gasteiger partial charge < -0.3 is 0 Å². The Hall–Kier alpha value is -0.360. The van der Waals surface area contributed by atoms with Crippen molar-refractivity contribution >= 4 is 44.1 Å². The quantitative estimate of drug-likeness (QED) is 0.842. The molecule has 0 aliphatic carbocycles. The van der Waals surface area contributed by atoms with Gasteiger partial charge in [-0.25, -0.2) is 8.42 Å². The van der Waals surface area contributed by atoms with Crippen LogP contribution in [0, 0.1) is 0 Å². The van der Waals surface area contributed by atoms with Gasteiger partial charge in [0.05, 0.1) is 4.34 Å². The number of halogens is 1. The minimum absolute atomic E-state index is 0.391. The van der Waals surface area contributed by atoms with Crippen molar-refractivity contribution in [3.63, 3.8) is 0 Å². The molecule has 0 unspecified atom stereocenters. The summed E-state index contributed by atoms with van der Waals surface area (Å²) in [6, 6.07) is 7.14. The molecule has 15 heavy (non-hydrogen) atoms. The molecule has 0 saturated heterocycles. The largest absolute Gasteiger partial charge is 0.223 e. The zero-order valence-electron chi connectivity index (χ0n) is 7.73. The average molecular weight is 279 g/mol. The van der Waals surface area contributed by atoms with Gasteiger partial charge in [-0.2, -0.15) is 0 Å². The molecule has 0 saturated carbocycles. The van der Waals surface area contributed by atoms with E-state index in [1.54, 1.807) is 12.1 Å². The first kappa shape index (κ1) is 11.1. The standard InChI is InChI=1S/C9H7ClO2S3/c1-15(11,12)9-5-3-7(14-9)6-2-4-8(10)13-6/h2-5H,1H3. The predicted molar refractivity (Wildman–Crippen MR) is 65.8 cm³/mol. The summed E-state index contributed by atoms with van der Waals surface area (Å²) < 4.78 is 23.6. The summed E-state index contributed by atoms with van der Waals surface area (Å²) in [5.74, 6) is 0. The van der Waals surface area contributed by atoms with E-state index >= 15 is 0 Å². The van der Waals surface area contributed by atoms with Crippen molar-refractivity contribution in [1.29, 1.82) is 0 Å². The molecule has 2 heterocycles. The van der Waals surface area contributed by atoms with E-state index < -0.39 is 9.84 Å². The molecule has 0 spiro atoms. The summed E-state index contributed by atoms with van der Waals surface area (Å²) in [7, 11) is -3.09. The molecular weight excluding hydrogens is 272 g/mol. The normalized spacial score (nSPS) is 11.9. The van der Waals surface area contributed by atoms with Crippen LogP contribution in [0.25, 0.3) is 9.75 Å². The first-order valence-corrected chi connectivity index (χ1v) is 7.92. The molecule has 0 atom stereocenters. The van der Waals surface area contributed by atoms with E-state index in [0.29, 0.717) is 8.55 Å². The average Bonchev–Trinajstić information content (AvgIpc) is 2.69. The van der Waals surface area contributed by atoms with Gasteiger partial charge in [0.1, 0.15) is 4.21 Å². The Morgan fingerprint density at radius 3 is 2.13 bits per heavy atom. The van der Waals surface area contributed by atoms with E-state index in [4.69, 9.17) is 11.6 Å². The summed E-state index contributed by atoms with van der Waals surface area (Å²) in [6.45, 7) is 0. The number of sulfone groups is 1. The van der Waals surface area contributed by atoms with E-state index in [-0.39, 0.29) is 0 Å². The smallest absolute Gasteiger partial charge is 0.184 e. The third-order valence-corrected chi connectivity index (χ3v) is 6.09. The first-order valence-electron chi connectivity index (χ1n) is 4.02. The Morgan fingerprint density at radius 1 is 1.07 bits per heavy atom. The second-order valence-electron chi connectivity index (χ2n) is 2.99. The fraction of sp³-hybridized carbons (Fsp3) is 0.111. The fourth-order valence-electron chi connectivity index (χ4n) is 1.10. The molecule has 0 aliphatic rings. The zero-order valence-corrected chi connectivity index (χ0v) is 10.9. The monoisotopic (exact) mass is 278 g/mol. The van der Waals surface area contributed by atoms with Crippen LogP contribution >= 0.6 is 34.3 Å². The Morgan fingerprint density at radius 2 is 1.67 bits per heavy atom. The molecule has 6 heteroatoms. The van der Waals surface area contributed by atoms with Gasteiger partial charge in [-0.05, 0) is 24.3 Å². The van der Waals surface area contributed by atoms with E-state index in [9.17, 15) is 8.42 Å². The molecule has 2 aromatic rings. The molecule has 2 nitrogen and oxygen atoms in total. The van der Waals surface area contributed by atoms with E-state index in [1.807, 2.05) is 12.1 Å². The fourth-order valence-corrected chi connectivity index (χ4v) is 4.16. The van der Waals surface area contributed by atoms with Crippen LogP contribution < -0.4 is 0 Å². The van der Waals surface area contributed by atoms with E-state index in [0.717, 1.165) is 9.75 Å². The summed E-state index contributed by atoms with van der Waals surface area (Å²) >= 11 is 8.53. The van der Waals surface area contributed by atoms with Crippen molar-refractivity contribution in [3.05, 3.63) is 28.6 Å². The molecule has 0 amide bonds. The second kappa shape index (κ2) is 3.90. The second-order valence-corrected chi connectivity index (χ2v) is 8.04. The highest BCUT2D eigenvalue weighted by atomic mass is 35.5. The Labute approximate surface area is 101 Å². The van der Waals surface area contributed by atoms with Crippen LogP contribution in [0.4, 0.5) is 0 Å². The Kier molecular flexibility index (Phi) is 2.89. The summed E-state index contributed by atoms with van der Waals surface area (Å²) in [5, 5.41) is 0. The summed E-state index contributed by atoms with van der Waals surface area (Å²) in [5.41, 5.74) is 0. The van der Waals surface area contributed by atoms with Gasteiger partial charge in [0.2, 0.25) is 0 Å². The predicted octanol–water partition coefficient (Wildman–Crippen LogP) is 3.53. The molecule has 0 bridgehead atoms. The number of rotatable bonds is 2. The number of hydrogen-bond acceptors (Lipinski definition) is 4. The van der Waals surface area contributed by atoms with Crippen molar-refractivity contribution in [2.45, 2.75) is 4.21 Å². The maximum Gasteiger partial charge on any atom is 0.184 e. The van der Waals surface area contributed by atoms with Crippen molar-refractivity contribution < 1.29 is 8.42 Å². The lowest BCUT2D eigenvalue weighted by atomic mass is 10.4. The van der Waals surface area contributed by atoms with Crippen LogP contribution in [-0.4, -0.2) is 14.7 Å². The third-order valence-electron chi connectivity index (χ3n) is 1.76. The molecule has 0 aromatic carbocycles. The van der Waals surface area contributed by atoms with Gasteiger partial charge in [-0.15, -0.1) is 22.7 Å². The first-order chi connectivity index (χ1) is 6.97. The SMILES string of the molecule is CS(=O)(=O)c1ccc(-c2ccc(Cl)s2)s1. The highest BCUT2D eigenvalue weighted by Crippen LogP contribution is 2.36. The Balaban J connectivity index is 2.44. The third kappa shape index (κ3) is 2.42. The van der Waals surface area contributed by atoms with Crippen molar-refractivity contribution in [1.82, 2.24) is 0 Å². The minimum Gasteiger partial charge on any atom is -0.223 e. The van der Waals surface area contributed by atoms with Crippen LogP contribution in [0.1, 0.15) is 0 Å². The maximum absolute atomic E-state index is 11.3. The summed E-state index contributed by atoms with van der Waals surface area (Å²) in [4.78, 5) is 1.94. The lowest BCUT2D eigenvalue weighted by Crippen LogP contribution is -1.91. The summed E-state index contributed by atoms with van der Waals surface area (Å²) in [6.07, 6.45) is 1.21. The molecule has 0 N–H and O–H groups in total. The van der Waals surface area contributed by atoms with Gasteiger partial charge in [0, 0.05) is 16.0 Å². The van der Waals surface area contributed by atoms with Crippen LogP contribution in [0.2, 0.25) is 4.34 Å². The van der Waals surface area contributed by atoms with Gasteiger partial charge >= 0.3 is 0 Å². The van der Waals surface area contributed by atoms with Crippen LogP contribution in [0.5, 0.6) is 0 Å². The van der Waals surface area contributed by atoms with Crippen LogP contribution in [0.3, 0.4) is 0 Å². The molecular formula is C9H7ClO2S3. The van der Waals surface area contributed by atoms with E-state index in [1.165, 1.54) is 28.9 Å². The molecule has 2 rings (SSSR count). The highest BCUT2D eigenvalue weighted by Gasteiger charge is 2.12. The van der Waals surface area contributed by atoms with Gasteiger partial charge in [-0.3, -0.25) is 0 Å². The molecule has 80 valence electrons. The van der Waals surface area contributed by atoms with Crippen molar-refractivity contribution in [3.8, 4) is 9.75 Å². The molecule has 2 aromatic heterocycles. The Bertz CT molecular complexity index is 580. The lowest BCUT2D eigenvalue weighted by molar-refractivity contribution is 0.604. The van der Waals surface area contributed by atoms with Gasteiger partial charge in [0.25, 0.3) is 0 Å². The van der Waals surface area contributed by atoms with Crippen molar-refractivity contribution in [2.75, 3.05) is 6.26 Å². The van der Waals surface area contributed by atoms with Crippen LogP contribution in [-0.2, 0) is 9.84 Å². The molecule has 0 radical (unpaired) electrons. The topological polar surface area (TPSA) is 34.1 Å². The van der Waals surface area contributed by atoms with Gasteiger partial charge in [0.15, 0.2) is 9.84 Å². The number of hydrogen-bond donors (Lipinski definition) is 0. The highest BCUT2D eigenvalue weighted by molar-refractivity contribution is 7.92. The lowest BCUT2D eigenvalue weighted by Gasteiger charge is -1.90. The maximum atomic E-state index is 11.3. The number of thiophene rings is 2. The van der Waals surface area contributed by atoms with Crippen LogP contribution in [0.15, 0.2) is 28.5 Å². The van der Waals surface area contributed by atoms with E-state index in [2.05, 4.69) is 0 Å². The molecule has 0 aliphatic heterocycles. The van der Waals surface area contributed by atoms with Gasteiger partial charge in [-0.1, -0.05) is 11.6 Å². The van der Waals surface area contributed by atoms with Crippen molar-refractivity contribution in [2.24, 2.45) is 0 Å². The zero-order chi connectivity index (χ0) is 11.1.